The minimum Gasteiger partial charge on any atom is -0.350 e. The van der Waals surface area contributed by atoms with Crippen LogP contribution in [0.25, 0.3) is 0 Å². The number of carbonyl (C=O) groups is 1. The summed E-state index contributed by atoms with van der Waals surface area (Å²) in [6, 6.07) is 0. The standard InChI is InChI=1S/C10H18ClNO/c1-7(8-4-5-8)9(13)12-10(2,3)6-11/h7-8H,4-6H2,1-3H3,(H,12,13). The molecule has 1 unspecified atom stereocenters. The molecule has 2 nitrogen and oxygen atoms in total. The quantitative estimate of drug-likeness (QED) is 0.698. The summed E-state index contributed by atoms with van der Waals surface area (Å²) in [5.74, 6) is 1.37. The van der Waals surface area contributed by atoms with Crippen molar-refractivity contribution in [2.75, 3.05) is 5.88 Å². The molecule has 13 heavy (non-hydrogen) atoms. The third-order valence-electron chi connectivity index (χ3n) is 2.54. The van der Waals surface area contributed by atoms with E-state index < -0.39 is 0 Å². The second kappa shape index (κ2) is 3.87. The molecule has 0 bridgehead atoms. The van der Waals surface area contributed by atoms with Gasteiger partial charge in [0.25, 0.3) is 0 Å². The Balaban J connectivity index is 2.39. The Morgan fingerprint density at radius 1 is 1.62 bits per heavy atom. The Hall–Kier alpha value is -0.240. The summed E-state index contributed by atoms with van der Waals surface area (Å²) in [5.41, 5.74) is -0.276. The highest BCUT2D eigenvalue weighted by molar-refractivity contribution is 6.18. The maximum Gasteiger partial charge on any atom is 0.223 e. The van der Waals surface area contributed by atoms with Crippen LogP contribution >= 0.6 is 11.6 Å². The predicted molar refractivity (Wildman–Crippen MR) is 54.8 cm³/mol. The van der Waals surface area contributed by atoms with E-state index in [-0.39, 0.29) is 17.4 Å². The van der Waals surface area contributed by atoms with Gasteiger partial charge in [0.15, 0.2) is 0 Å². The summed E-state index contributed by atoms with van der Waals surface area (Å²) in [7, 11) is 0. The Bertz CT molecular complexity index is 199. The molecule has 0 aromatic rings. The molecule has 0 heterocycles. The van der Waals surface area contributed by atoms with E-state index in [1.54, 1.807) is 0 Å². The van der Waals surface area contributed by atoms with E-state index in [9.17, 15) is 4.79 Å². The number of hydrogen-bond acceptors (Lipinski definition) is 1. The molecular weight excluding hydrogens is 186 g/mol. The molecular formula is C10H18ClNO. The van der Waals surface area contributed by atoms with E-state index >= 15 is 0 Å². The van der Waals surface area contributed by atoms with E-state index in [1.165, 1.54) is 12.8 Å². The minimum absolute atomic E-state index is 0.146. The van der Waals surface area contributed by atoms with Crippen molar-refractivity contribution < 1.29 is 4.79 Å². The van der Waals surface area contributed by atoms with Crippen molar-refractivity contribution in [2.24, 2.45) is 11.8 Å². The van der Waals surface area contributed by atoms with Crippen molar-refractivity contribution in [3.05, 3.63) is 0 Å². The van der Waals surface area contributed by atoms with Crippen LogP contribution in [0.15, 0.2) is 0 Å². The first kappa shape index (κ1) is 10.8. The van der Waals surface area contributed by atoms with E-state index in [4.69, 9.17) is 11.6 Å². The van der Waals surface area contributed by atoms with Gasteiger partial charge in [-0.05, 0) is 32.6 Å². The topological polar surface area (TPSA) is 29.1 Å². The lowest BCUT2D eigenvalue weighted by atomic mass is 10.0. The van der Waals surface area contributed by atoms with Crippen LogP contribution in [0.2, 0.25) is 0 Å². The first-order chi connectivity index (χ1) is 5.96. The second-order valence-electron chi connectivity index (χ2n) is 4.63. The molecule has 0 spiro atoms. The van der Waals surface area contributed by atoms with Crippen LogP contribution in [0.1, 0.15) is 33.6 Å². The average Bonchev–Trinajstić information content (AvgIpc) is 2.85. The smallest absolute Gasteiger partial charge is 0.223 e. The van der Waals surface area contributed by atoms with Crippen molar-refractivity contribution in [3.63, 3.8) is 0 Å². The number of carbonyl (C=O) groups excluding carboxylic acids is 1. The van der Waals surface area contributed by atoms with Crippen molar-refractivity contribution in [1.29, 1.82) is 0 Å². The maximum absolute atomic E-state index is 11.6. The number of hydrogen-bond donors (Lipinski definition) is 1. The highest BCUT2D eigenvalue weighted by atomic mass is 35.5. The van der Waals surface area contributed by atoms with Crippen molar-refractivity contribution >= 4 is 17.5 Å². The molecule has 0 aromatic heterocycles. The van der Waals surface area contributed by atoms with Gasteiger partial charge in [-0.2, -0.15) is 0 Å². The monoisotopic (exact) mass is 203 g/mol. The summed E-state index contributed by atoms with van der Waals surface area (Å²) in [4.78, 5) is 11.6. The number of rotatable bonds is 4. The number of amides is 1. The van der Waals surface area contributed by atoms with Gasteiger partial charge in [0.2, 0.25) is 5.91 Å². The highest BCUT2D eigenvalue weighted by Crippen LogP contribution is 2.36. The van der Waals surface area contributed by atoms with E-state index in [2.05, 4.69) is 5.32 Å². The van der Waals surface area contributed by atoms with Gasteiger partial charge in [-0.3, -0.25) is 4.79 Å². The molecule has 0 saturated heterocycles. The molecule has 1 amide bonds. The summed E-state index contributed by atoms with van der Waals surface area (Å²) < 4.78 is 0. The van der Waals surface area contributed by atoms with Crippen LogP contribution in [0, 0.1) is 11.8 Å². The van der Waals surface area contributed by atoms with E-state index in [0.29, 0.717) is 11.8 Å². The largest absolute Gasteiger partial charge is 0.350 e. The number of halogens is 1. The zero-order valence-electron chi connectivity index (χ0n) is 8.56. The fourth-order valence-electron chi connectivity index (χ4n) is 1.29. The molecule has 1 aliphatic carbocycles. The van der Waals surface area contributed by atoms with Crippen LogP contribution in [0.4, 0.5) is 0 Å². The van der Waals surface area contributed by atoms with Gasteiger partial charge in [0.1, 0.15) is 0 Å². The van der Waals surface area contributed by atoms with Gasteiger partial charge in [-0.1, -0.05) is 6.92 Å². The predicted octanol–water partition coefficient (Wildman–Crippen LogP) is 2.17. The first-order valence-corrected chi connectivity index (χ1v) is 5.38. The maximum atomic E-state index is 11.6. The molecule has 3 heteroatoms. The Kier molecular flexibility index (Phi) is 3.23. The van der Waals surface area contributed by atoms with Gasteiger partial charge in [-0.15, -0.1) is 11.6 Å². The lowest BCUT2D eigenvalue weighted by Gasteiger charge is -2.25. The Labute approximate surface area is 85.0 Å². The average molecular weight is 204 g/mol. The van der Waals surface area contributed by atoms with Crippen molar-refractivity contribution in [1.82, 2.24) is 5.32 Å². The summed E-state index contributed by atoms with van der Waals surface area (Å²) in [6.45, 7) is 5.88. The van der Waals surface area contributed by atoms with Crippen LogP contribution < -0.4 is 5.32 Å². The normalized spacial score (nSPS) is 19.7. The number of nitrogens with one attached hydrogen (secondary N) is 1. The molecule has 1 rings (SSSR count). The summed E-state index contributed by atoms with van der Waals surface area (Å²) >= 11 is 5.72. The van der Waals surface area contributed by atoms with Crippen molar-refractivity contribution in [3.8, 4) is 0 Å². The fraction of sp³-hybridized carbons (Fsp3) is 0.900. The summed E-state index contributed by atoms with van der Waals surface area (Å²) in [5, 5.41) is 2.96. The van der Waals surface area contributed by atoms with Crippen LogP contribution in [-0.2, 0) is 4.79 Å². The van der Waals surface area contributed by atoms with Crippen LogP contribution in [-0.4, -0.2) is 17.3 Å². The molecule has 0 radical (unpaired) electrons. The molecule has 76 valence electrons. The molecule has 1 atom stereocenters. The lowest BCUT2D eigenvalue weighted by molar-refractivity contribution is -0.126. The SMILES string of the molecule is CC(C(=O)NC(C)(C)CCl)C1CC1. The van der Waals surface area contributed by atoms with Crippen molar-refractivity contribution in [2.45, 2.75) is 39.2 Å². The third-order valence-corrected chi connectivity index (χ3v) is 3.21. The van der Waals surface area contributed by atoms with Crippen LogP contribution in [0.3, 0.4) is 0 Å². The Morgan fingerprint density at radius 3 is 2.54 bits per heavy atom. The Morgan fingerprint density at radius 2 is 2.15 bits per heavy atom. The molecule has 1 aliphatic rings. The highest BCUT2D eigenvalue weighted by Gasteiger charge is 2.34. The number of alkyl halides is 1. The van der Waals surface area contributed by atoms with Gasteiger partial charge in [0.05, 0.1) is 0 Å². The van der Waals surface area contributed by atoms with Crippen LogP contribution in [0.5, 0.6) is 0 Å². The molecule has 1 saturated carbocycles. The van der Waals surface area contributed by atoms with Gasteiger partial charge in [0, 0.05) is 17.3 Å². The lowest BCUT2D eigenvalue weighted by Crippen LogP contribution is -2.47. The van der Waals surface area contributed by atoms with E-state index in [1.807, 2.05) is 20.8 Å². The molecule has 0 aromatic carbocycles. The van der Waals surface area contributed by atoms with Gasteiger partial charge >= 0.3 is 0 Å². The zero-order chi connectivity index (χ0) is 10.1. The van der Waals surface area contributed by atoms with E-state index in [0.717, 1.165) is 0 Å². The minimum atomic E-state index is -0.276. The first-order valence-electron chi connectivity index (χ1n) is 4.84. The van der Waals surface area contributed by atoms with Gasteiger partial charge in [-0.25, -0.2) is 0 Å². The zero-order valence-corrected chi connectivity index (χ0v) is 9.32. The fourth-order valence-corrected chi connectivity index (χ4v) is 1.36. The third kappa shape index (κ3) is 3.18. The molecule has 1 fully saturated rings. The van der Waals surface area contributed by atoms with Gasteiger partial charge < -0.3 is 5.32 Å². The second-order valence-corrected chi connectivity index (χ2v) is 4.90. The summed E-state index contributed by atoms with van der Waals surface area (Å²) in [6.07, 6.45) is 2.41. The molecule has 1 N–H and O–H groups in total. The molecule has 0 aliphatic heterocycles.